The molecule has 1 N–H and O–H groups in total. The molecule has 0 aliphatic carbocycles. The largest absolute Gasteiger partial charge is 0.456 e. The van der Waals surface area contributed by atoms with E-state index in [2.05, 4.69) is 24.0 Å². The van der Waals surface area contributed by atoms with Crippen LogP contribution < -0.4 is 4.74 Å². The molecule has 15 heteroatoms. The van der Waals surface area contributed by atoms with Gasteiger partial charge in [0.05, 0.1) is 23.9 Å². The third kappa shape index (κ3) is 7.33. The van der Waals surface area contributed by atoms with Gasteiger partial charge in [0.2, 0.25) is 6.19 Å². The Hall–Kier alpha value is -3.39. The quantitative estimate of drug-likeness (QED) is 0.116. The molecule has 12 nitrogen and oxygen atoms in total. The smallest absolute Gasteiger partial charge is 0.301 e. The summed E-state index contributed by atoms with van der Waals surface area (Å²) in [6.07, 6.45) is 0.566. The van der Waals surface area contributed by atoms with Crippen molar-refractivity contribution in [3.63, 3.8) is 0 Å². The van der Waals surface area contributed by atoms with Crippen molar-refractivity contribution in [2.24, 2.45) is 4.36 Å². The summed E-state index contributed by atoms with van der Waals surface area (Å²) in [5, 5.41) is 19.7. The number of fused-ring (bicyclic) bond motifs is 2. The third-order valence-corrected chi connectivity index (χ3v) is 13.6. The standard InChI is InChI=1S/C35H41ClN6O6SSi/c1-50(2,3)16-14-45-22-42-34-28(39-35(42)48-30-20-47-32-29(43)19-46-33(30)32)17-27(36)31(40-34)26-11-9-25(10-12-26)24-7-5-23(6-8-24)18-41-13-4-15-49(41,44)38-21-37/h5-12,17,29-30,32-33,43H,4,13-16,18-20,22H2,1-3H3/t29-,30-,32-,33-,49?/m1/s1. The topological polar surface area (TPSA) is 144 Å². The lowest BCUT2D eigenvalue weighted by Crippen LogP contribution is -2.35. The maximum Gasteiger partial charge on any atom is 0.301 e. The molecule has 5 atom stereocenters. The number of aromatic nitrogens is 3. The van der Waals surface area contributed by atoms with Crippen LogP contribution >= 0.6 is 11.6 Å². The Balaban J connectivity index is 1.12. The van der Waals surface area contributed by atoms with E-state index in [9.17, 15) is 9.32 Å². The SMILES string of the molecule is C[Si](C)(C)CCOCn1c(O[C@@H]2CO[C@H]3[C@@H]2OC[C@H]3O)nc2cc(Cl)c(-c3ccc(-c4ccc(CN5CCCS5(=O)=NC#N)cc4)cc3)nc21. The van der Waals surface area contributed by atoms with E-state index >= 15 is 0 Å². The molecule has 3 aliphatic rings. The number of benzene rings is 2. The van der Waals surface area contributed by atoms with Crippen molar-refractivity contribution in [1.82, 2.24) is 18.8 Å². The van der Waals surface area contributed by atoms with Crippen LogP contribution in [0.1, 0.15) is 12.0 Å². The van der Waals surface area contributed by atoms with Crippen LogP contribution in [-0.4, -0.2) is 92.8 Å². The van der Waals surface area contributed by atoms with Gasteiger partial charge in [-0.2, -0.15) is 10.2 Å². The summed E-state index contributed by atoms with van der Waals surface area (Å²) in [6, 6.07) is 19.3. The van der Waals surface area contributed by atoms with Crippen LogP contribution in [0.3, 0.4) is 0 Å². The van der Waals surface area contributed by atoms with E-state index < -0.39 is 36.3 Å². The normalized spacial score (nSPS) is 25.2. The van der Waals surface area contributed by atoms with Crippen LogP contribution in [0.15, 0.2) is 59.0 Å². The van der Waals surface area contributed by atoms with Crippen LogP contribution in [0, 0.1) is 11.5 Å². The zero-order valence-corrected chi connectivity index (χ0v) is 30.9. The number of hydrogen-bond donors (Lipinski definition) is 1. The Bertz CT molecular complexity index is 2020. The summed E-state index contributed by atoms with van der Waals surface area (Å²) in [5.41, 5.74) is 5.68. The minimum atomic E-state index is -2.63. The van der Waals surface area contributed by atoms with Crippen LogP contribution in [0.5, 0.6) is 6.01 Å². The lowest BCUT2D eigenvalue weighted by molar-refractivity contribution is 0.00336. The van der Waals surface area contributed by atoms with Gasteiger partial charge in [-0.05, 0) is 35.2 Å². The molecule has 5 heterocycles. The fraction of sp³-hybridized carbons (Fsp3) is 0.457. The average molecular weight is 737 g/mol. The highest BCUT2D eigenvalue weighted by Crippen LogP contribution is 2.35. The minimum Gasteiger partial charge on any atom is -0.456 e. The Morgan fingerprint density at radius 3 is 2.48 bits per heavy atom. The fourth-order valence-corrected chi connectivity index (χ4v) is 9.38. The second kappa shape index (κ2) is 14.3. The van der Waals surface area contributed by atoms with E-state index in [0.29, 0.717) is 53.3 Å². The molecule has 2 aromatic heterocycles. The molecule has 50 heavy (non-hydrogen) atoms. The third-order valence-electron chi connectivity index (χ3n) is 9.30. The molecule has 4 aromatic rings. The lowest BCUT2D eigenvalue weighted by Gasteiger charge is -2.19. The van der Waals surface area contributed by atoms with E-state index in [0.717, 1.165) is 34.7 Å². The Morgan fingerprint density at radius 2 is 1.76 bits per heavy atom. The Labute approximate surface area is 298 Å². The average Bonchev–Trinajstić information content (AvgIpc) is 3.84. The van der Waals surface area contributed by atoms with Crippen molar-refractivity contribution in [2.75, 3.05) is 32.1 Å². The maximum atomic E-state index is 13.0. The number of rotatable bonds is 11. The van der Waals surface area contributed by atoms with Gasteiger partial charge in [-0.25, -0.2) is 13.5 Å². The number of nitriles is 1. The van der Waals surface area contributed by atoms with Crippen molar-refractivity contribution in [2.45, 2.75) is 69.8 Å². The first-order valence-electron chi connectivity index (χ1n) is 16.8. The summed E-state index contributed by atoms with van der Waals surface area (Å²) in [6.45, 7) is 9.37. The monoisotopic (exact) mass is 736 g/mol. The maximum absolute atomic E-state index is 13.0. The number of ether oxygens (including phenoxy) is 4. The van der Waals surface area contributed by atoms with Gasteiger partial charge in [0.1, 0.15) is 40.5 Å². The number of hydrogen-bond acceptors (Lipinski definition) is 10. The molecule has 0 spiro atoms. The fourth-order valence-electron chi connectivity index (χ4n) is 6.50. The zero-order valence-electron chi connectivity index (χ0n) is 28.3. The summed E-state index contributed by atoms with van der Waals surface area (Å²) < 4.78 is 44.4. The second-order valence-corrected chi connectivity index (χ2v) is 22.5. The van der Waals surface area contributed by atoms with Crippen molar-refractivity contribution >= 4 is 40.8 Å². The number of aliphatic hydroxyl groups is 1. The molecular formula is C35H41ClN6O6SSi. The number of pyridine rings is 1. The molecule has 0 bridgehead atoms. The molecule has 264 valence electrons. The molecule has 0 radical (unpaired) electrons. The molecule has 3 fully saturated rings. The minimum absolute atomic E-state index is 0.201. The second-order valence-electron chi connectivity index (χ2n) is 14.1. The predicted molar refractivity (Wildman–Crippen MR) is 193 cm³/mol. The molecule has 3 aliphatic heterocycles. The zero-order chi connectivity index (χ0) is 35.0. The van der Waals surface area contributed by atoms with Gasteiger partial charge < -0.3 is 24.1 Å². The van der Waals surface area contributed by atoms with Gasteiger partial charge in [0.15, 0.2) is 11.8 Å². The molecule has 2 aromatic carbocycles. The Morgan fingerprint density at radius 1 is 1.06 bits per heavy atom. The van der Waals surface area contributed by atoms with Gasteiger partial charge in [0, 0.05) is 39.1 Å². The molecule has 3 saturated heterocycles. The summed E-state index contributed by atoms with van der Waals surface area (Å²) in [5.74, 6) is 0.429. The number of nitrogens with zero attached hydrogens (tertiary/aromatic N) is 6. The van der Waals surface area contributed by atoms with Crippen molar-refractivity contribution in [3.05, 3.63) is 65.2 Å². The van der Waals surface area contributed by atoms with Crippen LogP contribution in [0.2, 0.25) is 30.7 Å². The molecular weight excluding hydrogens is 696 g/mol. The van der Waals surface area contributed by atoms with E-state index in [-0.39, 0.29) is 26.0 Å². The first-order valence-corrected chi connectivity index (χ1v) is 22.5. The Kier molecular flexibility index (Phi) is 10.0. The lowest BCUT2D eigenvalue weighted by atomic mass is 10.0. The van der Waals surface area contributed by atoms with Gasteiger partial charge in [-0.3, -0.25) is 4.57 Å². The summed E-state index contributed by atoms with van der Waals surface area (Å²) in [4.78, 5) is 9.75. The highest BCUT2D eigenvalue weighted by atomic mass is 35.5. The number of imidazole rings is 1. The van der Waals surface area contributed by atoms with Crippen molar-refractivity contribution in [1.29, 1.82) is 5.26 Å². The number of halogens is 1. The highest BCUT2D eigenvalue weighted by molar-refractivity contribution is 7.91. The first kappa shape index (κ1) is 35.0. The van der Waals surface area contributed by atoms with E-state index in [4.69, 9.17) is 45.8 Å². The molecule has 0 saturated carbocycles. The van der Waals surface area contributed by atoms with Gasteiger partial charge in [-0.1, -0.05) is 79.8 Å². The summed E-state index contributed by atoms with van der Waals surface area (Å²) in [7, 11) is -3.94. The number of aliphatic hydroxyl groups excluding tert-OH is 1. The molecule has 1 unspecified atom stereocenters. The highest BCUT2D eigenvalue weighted by Gasteiger charge is 2.49. The van der Waals surface area contributed by atoms with Crippen LogP contribution in [0.4, 0.5) is 0 Å². The first-order chi connectivity index (χ1) is 24.0. The van der Waals surface area contributed by atoms with E-state index in [1.165, 1.54) is 0 Å². The molecule has 7 rings (SSSR count). The van der Waals surface area contributed by atoms with Gasteiger partial charge in [0.25, 0.3) is 0 Å². The van der Waals surface area contributed by atoms with Gasteiger partial charge in [-0.15, -0.1) is 4.36 Å². The van der Waals surface area contributed by atoms with E-state index in [1.807, 2.05) is 57.4 Å². The van der Waals surface area contributed by atoms with Crippen molar-refractivity contribution < 1.29 is 28.3 Å². The van der Waals surface area contributed by atoms with Crippen LogP contribution in [-0.2, 0) is 37.4 Å². The molecule has 0 amide bonds. The summed E-state index contributed by atoms with van der Waals surface area (Å²) >= 11 is 6.82. The van der Waals surface area contributed by atoms with Gasteiger partial charge >= 0.3 is 6.01 Å². The van der Waals surface area contributed by atoms with Crippen molar-refractivity contribution in [3.8, 4) is 34.6 Å². The predicted octanol–water partition coefficient (Wildman–Crippen LogP) is 5.71. The van der Waals surface area contributed by atoms with E-state index in [1.54, 1.807) is 12.3 Å². The van der Waals surface area contributed by atoms with Crippen LogP contribution in [0.25, 0.3) is 33.5 Å².